The zero-order chi connectivity index (χ0) is 26.7. The van der Waals surface area contributed by atoms with E-state index in [9.17, 15) is 15.3 Å². The zero-order valence-electron chi connectivity index (χ0n) is 21.9. The lowest BCUT2D eigenvalue weighted by Gasteiger charge is -2.24. The highest BCUT2D eigenvalue weighted by Gasteiger charge is 2.26. The van der Waals surface area contributed by atoms with Crippen molar-refractivity contribution in [3.63, 3.8) is 0 Å². The van der Waals surface area contributed by atoms with Crippen LogP contribution >= 0.6 is 0 Å². The van der Waals surface area contributed by atoms with Gasteiger partial charge in [0.2, 0.25) is 0 Å². The molecular weight excluding hydrogens is 486 g/mol. The van der Waals surface area contributed by atoms with Gasteiger partial charge in [-0.25, -0.2) is 0 Å². The van der Waals surface area contributed by atoms with Crippen LogP contribution in [0.2, 0.25) is 0 Å². The lowest BCUT2D eigenvalue weighted by atomic mass is 9.81. The van der Waals surface area contributed by atoms with Gasteiger partial charge in [0.15, 0.2) is 0 Å². The molecule has 0 radical (unpaired) electrons. The molecule has 1 aliphatic rings. The third kappa shape index (κ3) is 3.61. The van der Waals surface area contributed by atoms with Crippen LogP contribution < -0.4 is 10.1 Å². The van der Waals surface area contributed by atoms with Gasteiger partial charge in [-0.1, -0.05) is 55.5 Å². The molecule has 196 valence electrons. The second-order valence-electron chi connectivity index (χ2n) is 10.6. The smallest absolute Gasteiger partial charge is 0.131 e. The quantitative estimate of drug-likeness (QED) is 0.104. The van der Waals surface area contributed by atoms with Crippen molar-refractivity contribution in [2.24, 2.45) is 0 Å². The van der Waals surface area contributed by atoms with E-state index in [0.717, 1.165) is 96.7 Å². The first kappa shape index (κ1) is 24.0. The summed E-state index contributed by atoms with van der Waals surface area (Å²) in [6.45, 7) is 4.69. The normalized spacial score (nSPS) is 15.3. The molecule has 1 unspecified atom stereocenters. The minimum absolute atomic E-state index is 0.233. The molecule has 0 saturated carbocycles. The topological polar surface area (TPSA) is 82.0 Å². The molecule has 4 N–H and O–H groups in total. The maximum atomic E-state index is 11.6. The molecule has 0 fully saturated rings. The number of hydrogen-bond donors (Lipinski definition) is 4. The average Bonchev–Trinajstić information content (AvgIpc) is 2.96. The number of aromatic hydroxyl groups is 2. The summed E-state index contributed by atoms with van der Waals surface area (Å²) in [5.74, 6) is 1.22. The van der Waals surface area contributed by atoms with Gasteiger partial charge in [0.25, 0.3) is 0 Å². The van der Waals surface area contributed by atoms with Crippen LogP contribution in [0.3, 0.4) is 0 Å². The highest BCUT2D eigenvalue weighted by Crippen LogP contribution is 2.51. The van der Waals surface area contributed by atoms with E-state index < -0.39 is 6.10 Å². The summed E-state index contributed by atoms with van der Waals surface area (Å²) >= 11 is 0. The Balaban J connectivity index is 1.51. The second kappa shape index (κ2) is 9.30. The molecule has 5 heteroatoms. The third-order valence-corrected chi connectivity index (χ3v) is 8.17. The van der Waals surface area contributed by atoms with Crippen LogP contribution in [-0.2, 0) is 6.42 Å². The van der Waals surface area contributed by atoms with Gasteiger partial charge in [-0.3, -0.25) is 0 Å². The lowest BCUT2D eigenvalue weighted by Crippen LogP contribution is -2.18. The van der Waals surface area contributed by atoms with E-state index in [1.807, 2.05) is 48.5 Å². The van der Waals surface area contributed by atoms with Crippen molar-refractivity contribution < 1.29 is 20.1 Å². The van der Waals surface area contributed by atoms with Gasteiger partial charge in [-0.05, 0) is 76.6 Å². The Morgan fingerprint density at radius 1 is 0.795 bits per heavy atom. The molecule has 39 heavy (non-hydrogen) atoms. The molecule has 0 spiro atoms. The van der Waals surface area contributed by atoms with Crippen LogP contribution in [0.4, 0.5) is 0 Å². The minimum Gasteiger partial charge on any atom is -0.507 e. The summed E-state index contributed by atoms with van der Waals surface area (Å²) < 4.78 is 6.06. The Morgan fingerprint density at radius 3 is 2.28 bits per heavy atom. The molecule has 0 aliphatic heterocycles. The van der Waals surface area contributed by atoms with Crippen molar-refractivity contribution in [2.75, 3.05) is 19.7 Å². The highest BCUT2D eigenvalue weighted by atomic mass is 16.5. The van der Waals surface area contributed by atoms with Crippen LogP contribution in [-0.4, -0.2) is 41.1 Å². The number of fused-ring (bicyclic) bond motifs is 6. The molecule has 1 aliphatic carbocycles. The summed E-state index contributed by atoms with van der Waals surface area (Å²) in [4.78, 5) is 0. The summed E-state index contributed by atoms with van der Waals surface area (Å²) in [5, 5.41) is 46.1. The minimum atomic E-state index is -0.625. The molecule has 0 amide bonds. The molecule has 5 nitrogen and oxygen atoms in total. The van der Waals surface area contributed by atoms with E-state index in [1.54, 1.807) is 6.08 Å². The molecule has 1 atom stereocenters. The average molecular weight is 518 g/mol. The number of rotatable bonds is 7. The Labute approximate surface area is 226 Å². The first-order valence-corrected chi connectivity index (χ1v) is 13.8. The zero-order valence-corrected chi connectivity index (χ0v) is 21.9. The molecule has 7 rings (SSSR count). The monoisotopic (exact) mass is 517 g/mol. The van der Waals surface area contributed by atoms with Crippen LogP contribution in [0.15, 0.2) is 60.7 Å². The Kier molecular flexibility index (Phi) is 5.72. The fourth-order valence-corrected chi connectivity index (χ4v) is 6.46. The van der Waals surface area contributed by atoms with E-state index in [-0.39, 0.29) is 11.5 Å². The lowest BCUT2D eigenvalue weighted by molar-refractivity contribution is 0.222. The van der Waals surface area contributed by atoms with Crippen molar-refractivity contribution in [1.29, 1.82) is 0 Å². The Morgan fingerprint density at radius 2 is 1.49 bits per heavy atom. The molecule has 0 heterocycles. The molecule has 6 aromatic carbocycles. The van der Waals surface area contributed by atoms with Gasteiger partial charge in [-0.2, -0.15) is 0 Å². The molecule has 0 aromatic heterocycles. The number of ether oxygens (including phenoxy) is 1. The van der Waals surface area contributed by atoms with E-state index in [4.69, 9.17) is 4.74 Å². The van der Waals surface area contributed by atoms with Crippen LogP contribution in [0.25, 0.3) is 59.9 Å². The number of phenols is 2. The maximum Gasteiger partial charge on any atom is 0.131 e. The Bertz CT molecular complexity index is 1920. The van der Waals surface area contributed by atoms with Crippen molar-refractivity contribution in [1.82, 2.24) is 5.32 Å². The first-order chi connectivity index (χ1) is 19.1. The predicted octanol–water partition coefficient (Wildman–Crippen LogP) is 7.00. The summed E-state index contributed by atoms with van der Waals surface area (Å²) in [5.41, 5.74) is 1.70. The van der Waals surface area contributed by atoms with Gasteiger partial charge in [0, 0.05) is 38.9 Å². The molecule has 0 bridgehead atoms. The molecular formula is C34H31NO4. The standard InChI is InChI=1S/C34H31NO4/c1-2-14-35-15-5-16-39-20-11-13-22-28(18-20)34(38)26-9-4-6-23-29-21-12-10-19(36)17-27(21)33(37)25-8-3-7-24(31(25)29)30(22)32(23)26/h3-4,6-13,18-19,35-38H,2,5,14-17H2,1H3. The summed E-state index contributed by atoms with van der Waals surface area (Å²) in [6.07, 6.45) is 5.49. The predicted molar refractivity (Wildman–Crippen MR) is 161 cm³/mol. The van der Waals surface area contributed by atoms with Gasteiger partial charge in [0.1, 0.15) is 17.2 Å². The first-order valence-electron chi connectivity index (χ1n) is 13.8. The maximum absolute atomic E-state index is 11.6. The highest BCUT2D eigenvalue weighted by molar-refractivity contribution is 6.40. The summed E-state index contributed by atoms with van der Waals surface area (Å²) in [7, 11) is 0. The number of nitrogens with one attached hydrogen (secondary N) is 1. The SMILES string of the molecule is CCCNCCCOc1ccc2c(c1)c(O)c1cccc3c4c5c(c(O)c6cccc(c64)c2c13)CC(O)C=C5. The van der Waals surface area contributed by atoms with Crippen molar-refractivity contribution in [2.45, 2.75) is 32.3 Å². The number of aliphatic hydroxyl groups excluding tert-OH is 1. The van der Waals surface area contributed by atoms with Crippen molar-refractivity contribution in [3.8, 4) is 17.2 Å². The van der Waals surface area contributed by atoms with Gasteiger partial charge in [0.05, 0.1) is 12.7 Å². The largest absolute Gasteiger partial charge is 0.507 e. The van der Waals surface area contributed by atoms with Crippen molar-refractivity contribution >= 4 is 59.9 Å². The number of phenolic OH excluding ortho intramolecular Hbond substituents is 2. The van der Waals surface area contributed by atoms with Gasteiger partial charge in [-0.15, -0.1) is 0 Å². The van der Waals surface area contributed by atoms with E-state index in [2.05, 4.69) is 24.4 Å². The molecule has 0 saturated heterocycles. The van der Waals surface area contributed by atoms with Crippen LogP contribution in [0.5, 0.6) is 17.2 Å². The number of aliphatic hydroxyl groups is 1. The summed E-state index contributed by atoms with van der Waals surface area (Å²) in [6, 6.07) is 18.1. The van der Waals surface area contributed by atoms with Crippen LogP contribution in [0.1, 0.15) is 30.9 Å². The van der Waals surface area contributed by atoms with Crippen LogP contribution in [0, 0.1) is 0 Å². The Hall–Kier alpha value is -4.06. The number of hydrogen-bond acceptors (Lipinski definition) is 5. The van der Waals surface area contributed by atoms with Gasteiger partial charge >= 0.3 is 0 Å². The fourth-order valence-electron chi connectivity index (χ4n) is 6.46. The van der Waals surface area contributed by atoms with Gasteiger partial charge < -0.3 is 25.4 Å². The van der Waals surface area contributed by atoms with E-state index >= 15 is 0 Å². The third-order valence-electron chi connectivity index (χ3n) is 8.17. The van der Waals surface area contributed by atoms with Crippen molar-refractivity contribution in [3.05, 3.63) is 71.8 Å². The van der Waals surface area contributed by atoms with E-state index in [1.165, 1.54) is 0 Å². The number of benzene rings is 6. The second-order valence-corrected chi connectivity index (χ2v) is 10.6. The molecule has 6 aromatic rings. The van der Waals surface area contributed by atoms with E-state index in [0.29, 0.717) is 13.0 Å². The fraction of sp³-hybridized carbons (Fsp3) is 0.235.